The van der Waals surface area contributed by atoms with Gasteiger partial charge < -0.3 is 4.74 Å². The van der Waals surface area contributed by atoms with Gasteiger partial charge in [0.05, 0.1) is 21.2 Å². The van der Waals surface area contributed by atoms with E-state index >= 15 is 0 Å². The monoisotopic (exact) mass is 411 g/mol. The number of esters is 1. The second-order valence-electron chi connectivity index (χ2n) is 5.98. The standard InChI is InChI=1S/C16H15BrFN3O4/c17-12-7-19-20(9-12)8-10-5-14(18)15(6-10)25-16(22)11-1-3-13(4-2-11)21(23)24/h1-4,7,9-10,14-15H,5-6,8H2. The minimum atomic E-state index is -1.23. The molecule has 3 unspecified atom stereocenters. The first kappa shape index (κ1) is 17.5. The van der Waals surface area contributed by atoms with Gasteiger partial charge in [0.2, 0.25) is 0 Å². The number of rotatable bonds is 5. The number of carbonyl (C=O) groups is 1. The summed E-state index contributed by atoms with van der Waals surface area (Å²) in [5.41, 5.74) is 0.0449. The second kappa shape index (κ2) is 7.30. The summed E-state index contributed by atoms with van der Waals surface area (Å²) in [5.74, 6) is -0.651. The third-order valence-corrected chi connectivity index (χ3v) is 4.56. The van der Waals surface area contributed by atoms with Crippen molar-refractivity contribution in [1.82, 2.24) is 9.78 Å². The highest BCUT2D eigenvalue weighted by Gasteiger charge is 2.37. The van der Waals surface area contributed by atoms with Crippen LogP contribution in [-0.4, -0.2) is 32.9 Å². The van der Waals surface area contributed by atoms with Crippen molar-refractivity contribution in [3.8, 4) is 0 Å². The average molecular weight is 412 g/mol. The van der Waals surface area contributed by atoms with Crippen molar-refractivity contribution in [2.45, 2.75) is 31.7 Å². The van der Waals surface area contributed by atoms with Crippen LogP contribution < -0.4 is 0 Å². The Balaban J connectivity index is 1.58. The molecule has 1 aromatic heterocycles. The molecule has 1 aromatic carbocycles. The summed E-state index contributed by atoms with van der Waals surface area (Å²) in [5, 5.41) is 14.8. The SMILES string of the molecule is O=C(OC1CC(Cn2cc(Br)cn2)CC1F)c1ccc([N+](=O)[O-])cc1. The fourth-order valence-corrected chi connectivity index (χ4v) is 3.27. The highest BCUT2D eigenvalue weighted by molar-refractivity contribution is 9.10. The molecule has 0 bridgehead atoms. The van der Waals surface area contributed by atoms with Crippen LogP contribution >= 0.6 is 15.9 Å². The lowest BCUT2D eigenvalue weighted by molar-refractivity contribution is -0.384. The van der Waals surface area contributed by atoms with E-state index in [1.807, 2.05) is 6.20 Å². The van der Waals surface area contributed by atoms with Gasteiger partial charge in [-0.3, -0.25) is 14.8 Å². The Morgan fingerprint density at radius 1 is 1.40 bits per heavy atom. The van der Waals surface area contributed by atoms with Crippen LogP contribution in [0, 0.1) is 16.0 Å². The van der Waals surface area contributed by atoms with Crippen molar-refractivity contribution in [1.29, 1.82) is 0 Å². The van der Waals surface area contributed by atoms with E-state index < -0.39 is 23.2 Å². The number of nitro benzene ring substituents is 1. The first-order valence-electron chi connectivity index (χ1n) is 7.70. The second-order valence-corrected chi connectivity index (χ2v) is 6.90. The average Bonchev–Trinajstić information content (AvgIpc) is 3.13. The van der Waals surface area contributed by atoms with Gasteiger partial charge in [-0.1, -0.05) is 0 Å². The molecule has 0 radical (unpaired) electrons. The summed E-state index contributed by atoms with van der Waals surface area (Å²) in [6.07, 6.45) is 2.14. The van der Waals surface area contributed by atoms with E-state index in [4.69, 9.17) is 4.74 Å². The maximum atomic E-state index is 14.2. The van der Waals surface area contributed by atoms with Gasteiger partial charge in [-0.25, -0.2) is 9.18 Å². The van der Waals surface area contributed by atoms with Gasteiger partial charge in [0, 0.05) is 24.9 Å². The molecule has 1 fully saturated rings. The van der Waals surface area contributed by atoms with Gasteiger partial charge in [-0.15, -0.1) is 0 Å². The first-order chi connectivity index (χ1) is 11.9. The van der Waals surface area contributed by atoms with Crippen LogP contribution in [0.4, 0.5) is 10.1 Å². The molecule has 3 rings (SSSR count). The van der Waals surface area contributed by atoms with Crippen LogP contribution in [0.5, 0.6) is 0 Å². The Hall–Kier alpha value is -2.29. The van der Waals surface area contributed by atoms with E-state index in [0.29, 0.717) is 19.4 Å². The maximum Gasteiger partial charge on any atom is 0.338 e. The lowest BCUT2D eigenvalue weighted by Crippen LogP contribution is -2.23. The molecular formula is C16H15BrFN3O4. The number of nitrogens with zero attached hydrogens (tertiary/aromatic N) is 3. The number of hydrogen-bond donors (Lipinski definition) is 0. The Bertz CT molecular complexity index is 780. The number of benzene rings is 1. The van der Waals surface area contributed by atoms with Crippen LogP contribution in [0.15, 0.2) is 41.1 Å². The zero-order chi connectivity index (χ0) is 18.0. The number of alkyl halides is 1. The van der Waals surface area contributed by atoms with Gasteiger partial charge in [0.25, 0.3) is 5.69 Å². The molecule has 1 heterocycles. The highest BCUT2D eigenvalue weighted by atomic mass is 79.9. The summed E-state index contributed by atoms with van der Waals surface area (Å²) in [6.45, 7) is 0.553. The normalized spacial score (nSPS) is 22.7. The molecule has 7 nitrogen and oxygen atoms in total. The lowest BCUT2D eigenvalue weighted by atomic mass is 10.1. The van der Waals surface area contributed by atoms with Gasteiger partial charge in [0.15, 0.2) is 0 Å². The van der Waals surface area contributed by atoms with E-state index in [-0.39, 0.29) is 17.2 Å². The molecular weight excluding hydrogens is 397 g/mol. The predicted octanol–water partition coefficient (Wildman–Crippen LogP) is 3.53. The zero-order valence-corrected chi connectivity index (χ0v) is 14.6. The fourth-order valence-electron chi connectivity index (χ4n) is 2.94. The third-order valence-electron chi connectivity index (χ3n) is 4.15. The van der Waals surface area contributed by atoms with Crippen LogP contribution in [0.25, 0.3) is 0 Å². The molecule has 0 amide bonds. The van der Waals surface area contributed by atoms with E-state index in [9.17, 15) is 19.3 Å². The molecule has 0 N–H and O–H groups in total. The molecule has 1 aliphatic carbocycles. The molecule has 0 aliphatic heterocycles. The van der Waals surface area contributed by atoms with Crippen molar-refractivity contribution in [3.05, 3.63) is 56.8 Å². The van der Waals surface area contributed by atoms with Crippen LogP contribution in [0.1, 0.15) is 23.2 Å². The van der Waals surface area contributed by atoms with E-state index in [1.54, 1.807) is 10.9 Å². The molecule has 3 atom stereocenters. The summed E-state index contributed by atoms with van der Waals surface area (Å²) in [4.78, 5) is 22.2. The fraction of sp³-hybridized carbons (Fsp3) is 0.375. The minimum absolute atomic E-state index is 0.0245. The van der Waals surface area contributed by atoms with Gasteiger partial charge >= 0.3 is 5.97 Å². The number of nitro groups is 1. The number of aromatic nitrogens is 2. The quantitative estimate of drug-likeness (QED) is 0.426. The molecule has 132 valence electrons. The Morgan fingerprint density at radius 2 is 2.12 bits per heavy atom. The van der Waals surface area contributed by atoms with E-state index in [2.05, 4.69) is 21.0 Å². The van der Waals surface area contributed by atoms with Gasteiger partial charge in [-0.2, -0.15) is 5.10 Å². The van der Waals surface area contributed by atoms with Crippen LogP contribution in [-0.2, 0) is 11.3 Å². The van der Waals surface area contributed by atoms with Crippen LogP contribution in [0.2, 0.25) is 0 Å². The number of halogens is 2. The topological polar surface area (TPSA) is 87.3 Å². The largest absolute Gasteiger partial charge is 0.456 e. The third kappa shape index (κ3) is 4.22. The zero-order valence-electron chi connectivity index (χ0n) is 13.0. The Labute approximate surface area is 151 Å². The van der Waals surface area contributed by atoms with Crippen molar-refractivity contribution in [3.63, 3.8) is 0 Å². The molecule has 1 saturated carbocycles. The summed E-state index contributed by atoms with van der Waals surface area (Å²) in [6, 6.07) is 5.05. The van der Waals surface area contributed by atoms with E-state index in [1.165, 1.54) is 24.3 Å². The lowest BCUT2D eigenvalue weighted by Gasteiger charge is -2.14. The first-order valence-corrected chi connectivity index (χ1v) is 8.49. The molecule has 1 aliphatic rings. The number of ether oxygens (including phenoxy) is 1. The van der Waals surface area contributed by atoms with Crippen molar-refractivity contribution >= 4 is 27.6 Å². The maximum absolute atomic E-state index is 14.2. The van der Waals surface area contributed by atoms with Crippen LogP contribution in [0.3, 0.4) is 0 Å². The van der Waals surface area contributed by atoms with Crippen molar-refractivity contribution < 1.29 is 18.8 Å². The molecule has 25 heavy (non-hydrogen) atoms. The van der Waals surface area contributed by atoms with Gasteiger partial charge in [0.1, 0.15) is 12.3 Å². The number of hydrogen-bond acceptors (Lipinski definition) is 5. The Kier molecular flexibility index (Phi) is 5.12. The summed E-state index contributed by atoms with van der Waals surface area (Å²) in [7, 11) is 0. The molecule has 9 heteroatoms. The van der Waals surface area contributed by atoms with Crippen molar-refractivity contribution in [2.75, 3.05) is 0 Å². The highest BCUT2D eigenvalue weighted by Crippen LogP contribution is 2.32. The van der Waals surface area contributed by atoms with Gasteiger partial charge in [-0.05, 0) is 46.8 Å². The number of non-ortho nitro benzene ring substituents is 1. The molecule has 0 spiro atoms. The smallest absolute Gasteiger partial charge is 0.338 e. The minimum Gasteiger partial charge on any atom is -0.456 e. The Morgan fingerprint density at radius 3 is 2.72 bits per heavy atom. The molecule has 0 saturated heterocycles. The predicted molar refractivity (Wildman–Crippen MR) is 89.8 cm³/mol. The van der Waals surface area contributed by atoms with E-state index in [0.717, 1.165) is 4.47 Å². The van der Waals surface area contributed by atoms with Crippen molar-refractivity contribution in [2.24, 2.45) is 5.92 Å². The number of carbonyl (C=O) groups excluding carboxylic acids is 1. The molecule has 2 aromatic rings. The summed E-state index contributed by atoms with van der Waals surface area (Å²) < 4.78 is 22.0. The summed E-state index contributed by atoms with van der Waals surface area (Å²) >= 11 is 3.31.